The SMILES string of the molecule is O=C(NNC(=O)C1CC1)c1cc(Br)ccc1O. The zero-order valence-corrected chi connectivity index (χ0v) is 10.5. The van der Waals surface area contributed by atoms with Gasteiger partial charge in [-0.1, -0.05) is 15.9 Å². The molecule has 0 heterocycles. The fourth-order valence-corrected chi connectivity index (χ4v) is 1.68. The summed E-state index contributed by atoms with van der Waals surface area (Å²) in [5.41, 5.74) is 4.70. The van der Waals surface area contributed by atoms with Gasteiger partial charge in [-0.2, -0.15) is 0 Å². The summed E-state index contributed by atoms with van der Waals surface area (Å²) >= 11 is 3.20. The largest absolute Gasteiger partial charge is 0.507 e. The van der Waals surface area contributed by atoms with Crippen molar-refractivity contribution in [2.24, 2.45) is 5.92 Å². The van der Waals surface area contributed by atoms with Gasteiger partial charge in [-0.3, -0.25) is 20.4 Å². The molecule has 0 spiro atoms. The molecule has 2 amide bonds. The average Bonchev–Trinajstić information content (AvgIpc) is 3.12. The number of hydrazine groups is 1. The normalized spacial score (nSPS) is 14.2. The van der Waals surface area contributed by atoms with Crippen LogP contribution in [0, 0.1) is 5.92 Å². The molecule has 0 radical (unpaired) electrons. The Bertz CT molecular complexity index is 472. The highest BCUT2D eigenvalue weighted by atomic mass is 79.9. The number of benzene rings is 1. The van der Waals surface area contributed by atoms with Gasteiger partial charge in [-0.15, -0.1) is 0 Å². The highest BCUT2D eigenvalue weighted by Gasteiger charge is 2.29. The van der Waals surface area contributed by atoms with Gasteiger partial charge in [0.25, 0.3) is 5.91 Å². The standard InChI is InChI=1S/C11H11BrN2O3/c12-7-3-4-9(15)8(5-7)11(17)14-13-10(16)6-1-2-6/h3-6,15H,1-2H2,(H,13,16)(H,14,17). The quantitative estimate of drug-likeness (QED) is 0.721. The van der Waals surface area contributed by atoms with Crippen LogP contribution in [0.25, 0.3) is 0 Å². The number of aromatic hydroxyl groups is 1. The first-order valence-electron chi connectivity index (χ1n) is 5.16. The Labute approximate surface area is 106 Å². The molecule has 1 aromatic carbocycles. The molecular weight excluding hydrogens is 288 g/mol. The fourth-order valence-electron chi connectivity index (χ4n) is 1.32. The number of hydrogen-bond donors (Lipinski definition) is 3. The number of rotatable bonds is 2. The van der Waals surface area contributed by atoms with Crippen LogP contribution in [0.2, 0.25) is 0 Å². The molecule has 17 heavy (non-hydrogen) atoms. The first kappa shape index (κ1) is 11.9. The van der Waals surface area contributed by atoms with E-state index in [0.717, 1.165) is 12.8 Å². The van der Waals surface area contributed by atoms with Crippen molar-refractivity contribution in [1.82, 2.24) is 10.9 Å². The summed E-state index contributed by atoms with van der Waals surface area (Å²) in [6.45, 7) is 0. The van der Waals surface area contributed by atoms with Crippen molar-refractivity contribution in [1.29, 1.82) is 0 Å². The molecule has 0 aliphatic heterocycles. The van der Waals surface area contributed by atoms with Crippen LogP contribution in [0.15, 0.2) is 22.7 Å². The van der Waals surface area contributed by atoms with Gasteiger partial charge in [0.2, 0.25) is 5.91 Å². The van der Waals surface area contributed by atoms with E-state index in [4.69, 9.17) is 0 Å². The topological polar surface area (TPSA) is 78.4 Å². The van der Waals surface area contributed by atoms with E-state index in [0.29, 0.717) is 4.47 Å². The lowest BCUT2D eigenvalue weighted by Crippen LogP contribution is -2.42. The predicted molar refractivity (Wildman–Crippen MR) is 64.1 cm³/mol. The van der Waals surface area contributed by atoms with E-state index in [1.807, 2.05) is 0 Å². The van der Waals surface area contributed by atoms with E-state index in [1.54, 1.807) is 6.07 Å². The van der Waals surface area contributed by atoms with Gasteiger partial charge in [0.05, 0.1) is 5.56 Å². The molecule has 0 unspecified atom stereocenters. The van der Waals surface area contributed by atoms with Crippen LogP contribution in [0.1, 0.15) is 23.2 Å². The molecule has 1 saturated carbocycles. The summed E-state index contributed by atoms with van der Waals surface area (Å²) < 4.78 is 0.675. The second-order valence-electron chi connectivity index (χ2n) is 3.88. The molecule has 1 aliphatic rings. The second kappa shape index (κ2) is 4.75. The predicted octanol–water partition coefficient (Wildman–Crippen LogP) is 1.33. The van der Waals surface area contributed by atoms with Gasteiger partial charge in [-0.25, -0.2) is 0 Å². The van der Waals surface area contributed by atoms with Crippen molar-refractivity contribution >= 4 is 27.7 Å². The molecule has 0 bridgehead atoms. The van der Waals surface area contributed by atoms with Crippen molar-refractivity contribution in [2.75, 3.05) is 0 Å². The molecule has 0 aromatic heterocycles. The number of hydrogen-bond acceptors (Lipinski definition) is 3. The van der Waals surface area contributed by atoms with Crippen molar-refractivity contribution in [3.05, 3.63) is 28.2 Å². The number of halogens is 1. The average molecular weight is 299 g/mol. The van der Waals surface area contributed by atoms with Crippen molar-refractivity contribution in [3.63, 3.8) is 0 Å². The highest BCUT2D eigenvalue weighted by molar-refractivity contribution is 9.10. The summed E-state index contributed by atoms with van der Waals surface area (Å²) in [6.07, 6.45) is 1.73. The molecule has 3 N–H and O–H groups in total. The number of nitrogens with one attached hydrogen (secondary N) is 2. The van der Waals surface area contributed by atoms with E-state index in [2.05, 4.69) is 26.8 Å². The number of phenolic OH excluding ortho intramolecular Hbond substituents is 1. The van der Waals surface area contributed by atoms with Crippen molar-refractivity contribution in [3.8, 4) is 5.75 Å². The minimum Gasteiger partial charge on any atom is -0.507 e. The van der Waals surface area contributed by atoms with Crippen LogP contribution in [0.5, 0.6) is 5.75 Å². The molecule has 1 aromatic rings. The molecule has 90 valence electrons. The Morgan fingerprint density at radius 3 is 2.65 bits per heavy atom. The van der Waals surface area contributed by atoms with E-state index >= 15 is 0 Å². The van der Waals surface area contributed by atoms with Gasteiger partial charge >= 0.3 is 0 Å². The fraction of sp³-hybridized carbons (Fsp3) is 0.273. The molecule has 1 fully saturated rings. The van der Waals surface area contributed by atoms with Crippen LogP contribution >= 0.6 is 15.9 Å². The first-order valence-corrected chi connectivity index (χ1v) is 5.96. The maximum absolute atomic E-state index is 11.7. The third-order valence-corrected chi connectivity index (χ3v) is 2.94. The molecular formula is C11H11BrN2O3. The molecule has 0 atom stereocenters. The maximum atomic E-state index is 11.7. The zero-order chi connectivity index (χ0) is 12.4. The minimum atomic E-state index is -0.544. The smallest absolute Gasteiger partial charge is 0.273 e. The van der Waals surface area contributed by atoms with Crippen LogP contribution in [-0.4, -0.2) is 16.9 Å². The van der Waals surface area contributed by atoms with Crippen LogP contribution in [0.4, 0.5) is 0 Å². The molecule has 2 rings (SSSR count). The van der Waals surface area contributed by atoms with Crippen molar-refractivity contribution < 1.29 is 14.7 Å². The van der Waals surface area contributed by atoms with Gasteiger partial charge in [0.15, 0.2) is 0 Å². The lowest BCUT2D eigenvalue weighted by Gasteiger charge is -2.08. The van der Waals surface area contributed by atoms with E-state index in [9.17, 15) is 14.7 Å². The third kappa shape index (κ3) is 2.97. The molecule has 0 saturated heterocycles. The lowest BCUT2D eigenvalue weighted by molar-refractivity contribution is -0.123. The number of amides is 2. The van der Waals surface area contributed by atoms with E-state index in [-0.39, 0.29) is 23.1 Å². The maximum Gasteiger partial charge on any atom is 0.273 e. The molecule has 6 heteroatoms. The van der Waals surface area contributed by atoms with Crippen LogP contribution < -0.4 is 10.9 Å². The summed E-state index contributed by atoms with van der Waals surface area (Å²) in [7, 11) is 0. The monoisotopic (exact) mass is 298 g/mol. The number of carbonyl (C=O) groups is 2. The third-order valence-electron chi connectivity index (χ3n) is 2.45. The van der Waals surface area contributed by atoms with Gasteiger partial charge in [-0.05, 0) is 31.0 Å². The van der Waals surface area contributed by atoms with Crippen molar-refractivity contribution in [2.45, 2.75) is 12.8 Å². The Kier molecular flexibility index (Phi) is 3.33. The van der Waals surface area contributed by atoms with Crippen LogP contribution in [-0.2, 0) is 4.79 Å². The molecule has 1 aliphatic carbocycles. The number of carbonyl (C=O) groups excluding carboxylic acids is 2. The van der Waals surface area contributed by atoms with E-state index in [1.165, 1.54) is 12.1 Å². The lowest BCUT2D eigenvalue weighted by atomic mass is 10.2. The van der Waals surface area contributed by atoms with Gasteiger partial charge in [0, 0.05) is 10.4 Å². The second-order valence-corrected chi connectivity index (χ2v) is 4.79. The highest BCUT2D eigenvalue weighted by Crippen LogP contribution is 2.28. The van der Waals surface area contributed by atoms with Crippen LogP contribution in [0.3, 0.4) is 0 Å². The Morgan fingerprint density at radius 2 is 2.00 bits per heavy atom. The Morgan fingerprint density at radius 1 is 1.29 bits per heavy atom. The van der Waals surface area contributed by atoms with Gasteiger partial charge < -0.3 is 5.11 Å². The minimum absolute atomic E-state index is 0.0198. The first-order chi connectivity index (χ1) is 8.08. The Balaban J connectivity index is 1.98. The Hall–Kier alpha value is -1.56. The zero-order valence-electron chi connectivity index (χ0n) is 8.87. The summed E-state index contributed by atoms with van der Waals surface area (Å²) in [5, 5.41) is 9.50. The molecule has 5 nitrogen and oxygen atoms in total. The van der Waals surface area contributed by atoms with E-state index < -0.39 is 5.91 Å². The number of phenols is 1. The summed E-state index contributed by atoms with van der Waals surface area (Å²) in [6, 6.07) is 4.50. The summed E-state index contributed by atoms with van der Waals surface area (Å²) in [5.74, 6) is -0.844. The van der Waals surface area contributed by atoms with Gasteiger partial charge in [0.1, 0.15) is 5.75 Å². The summed E-state index contributed by atoms with van der Waals surface area (Å²) in [4.78, 5) is 23.0.